The van der Waals surface area contributed by atoms with E-state index in [1.165, 1.54) is 12.1 Å². The van der Waals surface area contributed by atoms with Crippen LogP contribution in [0.25, 0.3) is 0 Å². The molecule has 1 saturated heterocycles. The molecule has 0 aromatic heterocycles. The highest BCUT2D eigenvalue weighted by Gasteiger charge is 2.34. The number of carbonyl (C=O) groups is 1. The van der Waals surface area contributed by atoms with Gasteiger partial charge in [-0.1, -0.05) is 47.0 Å². The van der Waals surface area contributed by atoms with Gasteiger partial charge in [-0.25, -0.2) is 13.1 Å². The predicted octanol–water partition coefficient (Wildman–Crippen LogP) is 3.20. The van der Waals surface area contributed by atoms with Gasteiger partial charge in [0.15, 0.2) is 0 Å². The molecule has 1 amide bonds. The van der Waals surface area contributed by atoms with Gasteiger partial charge in [0.05, 0.1) is 46.2 Å². The Bertz CT molecular complexity index is 1050. The van der Waals surface area contributed by atoms with E-state index in [1.807, 2.05) is 6.92 Å². The molecule has 0 bridgehead atoms. The van der Waals surface area contributed by atoms with Gasteiger partial charge < -0.3 is 15.2 Å². The lowest BCUT2D eigenvalue weighted by Gasteiger charge is -2.35. The number of amides is 1. The highest BCUT2D eigenvalue weighted by molar-refractivity contribution is 7.89. The van der Waals surface area contributed by atoms with Gasteiger partial charge in [0.25, 0.3) is 0 Å². The zero-order valence-corrected chi connectivity index (χ0v) is 19.9. The van der Waals surface area contributed by atoms with E-state index >= 15 is 0 Å². The maximum atomic E-state index is 12.7. The summed E-state index contributed by atoms with van der Waals surface area (Å²) in [5, 5.41) is 13.4. The van der Waals surface area contributed by atoms with Crippen LogP contribution in [0.1, 0.15) is 30.4 Å². The van der Waals surface area contributed by atoms with Gasteiger partial charge in [0, 0.05) is 6.54 Å². The van der Waals surface area contributed by atoms with Crippen molar-refractivity contribution in [2.75, 3.05) is 6.61 Å². The lowest BCUT2D eigenvalue weighted by Crippen LogP contribution is -2.51. The van der Waals surface area contributed by atoms with Crippen molar-refractivity contribution in [2.45, 2.75) is 55.9 Å². The summed E-state index contributed by atoms with van der Waals surface area (Å²) in [5.74, 6) is -0.212. The minimum absolute atomic E-state index is 0.106. The molecule has 7 nitrogen and oxygen atoms in total. The molecule has 1 heterocycles. The van der Waals surface area contributed by atoms with Crippen molar-refractivity contribution < 1.29 is 23.1 Å². The third kappa shape index (κ3) is 6.66. The number of benzene rings is 2. The van der Waals surface area contributed by atoms with Gasteiger partial charge in [0.2, 0.25) is 15.9 Å². The Labute approximate surface area is 198 Å². The quantitative estimate of drug-likeness (QED) is 0.516. The molecule has 0 unspecified atom stereocenters. The first-order chi connectivity index (χ1) is 15.2. The Morgan fingerprint density at radius 1 is 1.12 bits per heavy atom. The van der Waals surface area contributed by atoms with Crippen molar-refractivity contribution in [3.05, 3.63) is 63.6 Å². The standard InChI is InChI=1S/C22H26Cl2N2O5S/c1-14-2-6-17(7-3-14)32(29,30)26-20-9-5-16(31-21(20)13-27)11-22(28)25-12-15-4-8-18(23)19(24)10-15/h2-4,6-8,10,16,20-21,26-27H,5,9,11-13H2,1H3,(H,25,28)/t16-,20+,21-/m0/s1. The summed E-state index contributed by atoms with van der Waals surface area (Å²) in [6.07, 6.45) is -0.119. The predicted molar refractivity (Wildman–Crippen MR) is 123 cm³/mol. The minimum Gasteiger partial charge on any atom is -0.394 e. The molecule has 174 valence electrons. The molecule has 0 saturated carbocycles. The summed E-state index contributed by atoms with van der Waals surface area (Å²) in [6.45, 7) is 1.81. The monoisotopic (exact) mass is 500 g/mol. The number of halogens is 2. The highest BCUT2D eigenvalue weighted by Crippen LogP contribution is 2.24. The summed E-state index contributed by atoms with van der Waals surface area (Å²) < 4.78 is 33.8. The van der Waals surface area contributed by atoms with Crippen LogP contribution in [0.15, 0.2) is 47.4 Å². The highest BCUT2D eigenvalue weighted by atomic mass is 35.5. The zero-order valence-electron chi connectivity index (χ0n) is 17.6. The average Bonchev–Trinajstić information content (AvgIpc) is 2.75. The lowest BCUT2D eigenvalue weighted by molar-refractivity contribution is -0.130. The molecular weight excluding hydrogens is 475 g/mol. The molecule has 3 atom stereocenters. The van der Waals surface area contributed by atoms with E-state index in [0.717, 1.165) is 11.1 Å². The first kappa shape index (κ1) is 25.0. The van der Waals surface area contributed by atoms with Gasteiger partial charge in [-0.2, -0.15) is 0 Å². The third-order valence-electron chi connectivity index (χ3n) is 5.32. The molecule has 2 aromatic rings. The van der Waals surface area contributed by atoms with Crippen LogP contribution in [0.2, 0.25) is 10.0 Å². The fraction of sp³-hybridized carbons (Fsp3) is 0.409. The van der Waals surface area contributed by atoms with Gasteiger partial charge in [-0.05, 0) is 49.6 Å². The first-order valence-corrected chi connectivity index (χ1v) is 12.5. The number of aryl methyl sites for hydroxylation is 1. The summed E-state index contributed by atoms with van der Waals surface area (Å²) in [7, 11) is -3.75. The van der Waals surface area contributed by atoms with Gasteiger partial charge in [-0.3, -0.25) is 4.79 Å². The number of hydrogen-bond acceptors (Lipinski definition) is 5. The molecule has 3 rings (SSSR count). The number of ether oxygens (including phenoxy) is 1. The molecule has 32 heavy (non-hydrogen) atoms. The van der Waals surface area contributed by atoms with E-state index in [0.29, 0.717) is 29.4 Å². The fourth-order valence-corrected chi connectivity index (χ4v) is 5.15. The molecule has 0 aliphatic carbocycles. The number of nitrogens with one attached hydrogen (secondary N) is 2. The van der Waals surface area contributed by atoms with Gasteiger partial charge >= 0.3 is 0 Å². The second-order valence-electron chi connectivity index (χ2n) is 7.83. The normalized spacial score (nSPS) is 21.3. The van der Waals surface area contributed by atoms with E-state index < -0.39 is 28.3 Å². The number of hydrogen-bond donors (Lipinski definition) is 3. The smallest absolute Gasteiger partial charge is 0.240 e. The Kier molecular flexibility index (Phi) is 8.55. The van der Waals surface area contributed by atoms with Gasteiger partial charge in [-0.15, -0.1) is 0 Å². The largest absolute Gasteiger partial charge is 0.394 e. The van der Waals surface area contributed by atoms with Crippen molar-refractivity contribution in [3.8, 4) is 0 Å². The maximum absolute atomic E-state index is 12.7. The van der Waals surface area contributed by atoms with E-state index in [4.69, 9.17) is 27.9 Å². The van der Waals surface area contributed by atoms with E-state index in [1.54, 1.807) is 30.3 Å². The Morgan fingerprint density at radius 2 is 1.84 bits per heavy atom. The molecule has 1 fully saturated rings. The van der Waals surface area contributed by atoms with Crippen molar-refractivity contribution in [1.82, 2.24) is 10.0 Å². The lowest BCUT2D eigenvalue weighted by atomic mass is 9.98. The topological polar surface area (TPSA) is 105 Å². The van der Waals surface area contributed by atoms with Crippen LogP contribution in [-0.2, 0) is 26.1 Å². The SMILES string of the molecule is Cc1ccc(S(=O)(=O)N[C@@H]2CC[C@@H](CC(=O)NCc3ccc(Cl)c(Cl)c3)O[C@H]2CO)cc1. The molecule has 0 spiro atoms. The van der Waals surface area contributed by atoms with Crippen LogP contribution in [-0.4, -0.2) is 44.3 Å². The Balaban J connectivity index is 1.52. The van der Waals surface area contributed by atoms with Crippen LogP contribution < -0.4 is 10.0 Å². The second-order valence-corrected chi connectivity index (χ2v) is 10.4. The number of rotatable bonds is 8. The number of carbonyl (C=O) groups excluding carboxylic acids is 1. The molecule has 3 N–H and O–H groups in total. The van der Waals surface area contributed by atoms with Crippen LogP contribution in [0.3, 0.4) is 0 Å². The molecule has 0 radical (unpaired) electrons. The molecule has 1 aliphatic rings. The second kappa shape index (κ2) is 11.0. The summed E-state index contributed by atoms with van der Waals surface area (Å²) in [4.78, 5) is 12.5. The summed E-state index contributed by atoms with van der Waals surface area (Å²) in [5.41, 5.74) is 1.77. The van der Waals surface area contributed by atoms with Crippen molar-refractivity contribution in [1.29, 1.82) is 0 Å². The first-order valence-electron chi connectivity index (χ1n) is 10.2. The van der Waals surface area contributed by atoms with Gasteiger partial charge in [0.1, 0.15) is 0 Å². The van der Waals surface area contributed by atoms with Crippen molar-refractivity contribution in [3.63, 3.8) is 0 Å². The van der Waals surface area contributed by atoms with Crippen molar-refractivity contribution in [2.24, 2.45) is 0 Å². The minimum atomic E-state index is -3.75. The van der Waals surface area contributed by atoms with Crippen LogP contribution in [0.4, 0.5) is 0 Å². The average molecular weight is 501 g/mol. The van der Waals surface area contributed by atoms with E-state index in [9.17, 15) is 18.3 Å². The van der Waals surface area contributed by atoms with E-state index in [-0.39, 0.29) is 23.8 Å². The number of aliphatic hydroxyl groups excluding tert-OH is 1. The molecule has 1 aliphatic heterocycles. The maximum Gasteiger partial charge on any atom is 0.240 e. The molecule has 10 heteroatoms. The van der Waals surface area contributed by atoms with Crippen LogP contribution >= 0.6 is 23.2 Å². The molecular formula is C22H26Cl2N2O5S. The zero-order chi connectivity index (χ0) is 23.3. The number of aliphatic hydroxyl groups is 1. The third-order valence-corrected chi connectivity index (χ3v) is 7.57. The van der Waals surface area contributed by atoms with Crippen LogP contribution in [0.5, 0.6) is 0 Å². The fourth-order valence-electron chi connectivity index (χ4n) is 3.53. The van der Waals surface area contributed by atoms with Crippen LogP contribution in [0, 0.1) is 6.92 Å². The van der Waals surface area contributed by atoms with Crippen molar-refractivity contribution >= 4 is 39.1 Å². The number of sulfonamides is 1. The summed E-state index contributed by atoms with van der Waals surface area (Å²) >= 11 is 11.9. The Morgan fingerprint density at radius 3 is 2.50 bits per heavy atom. The Hall–Kier alpha value is -1.68. The van der Waals surface area contributed by atoms with E-state index in [2.05, 4.69) is 10.0 Å². The molecule has 2 aromatic carbocycles. The summed E-state index contributed by atoms with van der Waals surface area (Å²) in [6, 6.07) is 11.1.